The van der Waals surface area contributed by atoms with Gasteiger partial charge in [0.1, 0.15) is 0 Å². The van der Waals surface area contributed by atoms with Crippen molar-refractivity contribution in [1.29, 1.82) is 0 Å². The highest BCUT2D eigenvalue weighted by Gasteiger charge is 2.34. The third-order valence-electron chi connectivity index (χ3n) is 3.23. The Hall–Kier alpha value is -2.11. The molecule has 102 valence electrons. The molecule has 0 aromatic carbocycles. The van der Waals surface area contributed by atoms with Crippen molar-refractivity contribution in [3.05, 3.63) is 24.5 Å². The van der Waals surface area contributed by atoms with Gasteiger partial charge >= 0.3 is 12.0 Å². The number of aliphatic carboxylic acids is 1. The number of carbonyl (C=O) groups excluding carboxylic acids is 1. The van der Waals surface area contributed by atoms with Gasteiger partial charge in [-0.25, -0.2) is 4.79 Å². The number of anilines is 1. The van der Waals surface area contributed by atoms with Gasteiger partial charge < -0.3 is 10.4 Å². The highest BCUT2D eigenvalue weighted by molar-refractivity contribution is 5.91. The second-order valence-corrected chi connectivity index (χ2v) is 4.76. The van der Waals surface area contributed by atoms with Gasteiger partial charge in [0.05, 0.1) is 18.3 Å². The van der Waals surface area contributed by atoms with Crippen LogP contribution in [-0.2, 0) is 4.79 Å². The molecule has 19 heavy (non-hydrogen) atoms. The molecule has 1 heterocycles. The first-order valence-corrected chi connectivity index (χ1v) is 6.24. The van der Waals surface area contributed by atoms with E-state index in [-0.39, 0.29) is 18.5 Å². The number of pyridine rings is 1. The molecule has 0 saturated heterocycles. The van der Waals surface area contributed by atoms with Crippen molar-refractivity contribution in [3.8, 4) is 0 Å². The lowest BCUT2D eigenvalue weighted by Gasteiger charge is -2.22. The van der Waals surface area contributed by atoms with Crippen molar-refractivity contribution in [2.24, 2.45) is 5.92 Å². The van der Waals surface area contributed by atoms with E-state index in [1.807, 2.05) is 0 Å². The van der Waals surface area contributed by atoms with Crippen molar-refractivity contribution >= 4 is 17.7 Å². The Bertz CT molecular complexity index is 459. The smallest absolute Gasteiger partial charge is 0.321 e. The van der Waals surface area contributed by atoms with Gasteiger partial charge in [-0.1, -0.05) is 0 Å². The number of aromatic nitrogens is 1. The van der Waals surface area contributed by atoms with E-state index in [0.29, 0.717) is 11.6 Å². The summed E-state index contributed by atoms with van der Waals surface area (Å²) >= 11 is 0. The van der Waals surface area contributed by atoms with E-state index >= 15 is 0 Å². The molecule has 2 N–H and O–H groups in total. The minimum absolute atomic E-state index is 0.0305. The van der Waals surface area contributed by atoms with Crippen molar-refractivity contribution in [2.75, 3.05) is 11.9 Å². The molecule has 2 amide bonds. The van der Waals surface area contributed by atoms with Gasteiger partial charge in [-0.3, -0.25) is 14.7 Å². The number of nitrogens with one attached hydrogen (secondary N) is 1. The van der Waals surface area contributed by atoms with Crippen LogP contribution in [0.4, 0.5) is 10.5 Å². The number of nitrogens with zero attached hydrogens (tertiary/aromatic N) is 2. The van der Waals surface area contributed by atoms with Crippen molar-refractivity contribution in [1.82, 2.24) is 10.3 Å². The normalized spacial score (nSPS) is 15.6. The number of carboxylic acids is 1. The van der Waals surface area contributed by atoms with Crippen LogP contribution in [0.15, 0.2) is 24.5 Å². The lowest BCUT2D eigenvalue weighted by Crippen LogP contribution is -2.45. The van der Waals surface area contributed by atoms with Gasteiger partial charge in [-0.05, 0) is 30.9 Å². The van der Waals surface area contributed by atoms with Crippen molar-refractivity contribution in [2.45, 2.75) is 25.3 Å². The highest BCUT2D eigenvalue weighted by atomic mass is 16.4. The van der Waals surface area contributed by atoms with E-state index in [0.717, 1.165) is 12.8 Å². The molecule has 0 spiro atoms. The van der Waals surface area contributed by atoms with Crippen molar-refractivity contribution in [3.63, 3.8) is 0 Å². The topological polar surface area (TPSA) is 82.5 Å². The number of carboxylic acid groups (broad SMARTS) is 1. The standard InChI is InChI=1S/C13H17N3O3/c1-16(10-3-2-6-14-8-10)13(19)15-11(7-12(17)18)9-4-5-9/h2-3,6,8-9,11H,4-5,7H2,1H3,(H,15,19)(H,17,18). The van der Waals surface area contributed by atoms with Crippen LogP contribution in [0, 0.1) is 5.92 Å². The first kappa shape index (κ1) is 13.3. The molecular formula is C13H17N3O3. The maximum absolute atomic E-state index is 12.1. The van der Waals surface area contributed by atoms with Crippen LogP contribution < -0.4 is 10.2 Å². The molecule has 0 bridgehead atoms. The van der Waals surface area contributed by atoms with E-state index in [1.54, 1.807) is 31.6 Å². The van der Waals surface area contributed by atoms with E-state index in [4.69, 9.17) is 5.11 Å². The van der Waals surface area contributed by atoms with Gasteiger partial charge in [0.25, 0.3) is 0 Å². The second kappa shape index (κ2) is 5.69. The van der Waals surface area contributed by atoms with Crippen LogP contribution in [0.5, 0.6) is 0 Å². The minimum Gasteiger partial charge on any atom is -0.481 e. The summed E-state index contributed by atoms with van der Waals surface area (Å²) in [6.07, 6.45) is 5.15. The Balaban J connectivity index is 1.97. The molecule has 6 heteroatoms. The van der Waals surface area contributed by atoms with E-state index in [2.05, 4.69) is 10.3 Å². The molecule has 1 aromatic heterocycles. The molecule has 1 atom stereocenters. The highest BCUT2D eigenvalue weighted by Crippen LogP contribution is 2.34. The maximum atomic E-state index is 12.1. The molecule has 1 unspecified atom stereocenters. The average Bonchev–Trinajstić information content (AvgIpc) is 3.21. The summed E-state index contributed by atoms with van der Waals surface area (Å²) < 4.78 is 0. The third-order valence-corrected chi connectivity index (χ3v) is 3.23. The van der Waals surface area contributed by atoms with Crippen LogP contribution in [-0.4, -0.2) is 35.2 Å². The fourth-order valence-electron chi connectivity index (χ4n) is 1.95. The Morgan fingerprint density at radius 1 is 1.58 bits per heavy atom. The molecule has 1 saturated carbocycles. The number of carbonyl (C=O) groups is 2. The van der Waals surface area contributed by atoms with Crippen LogP contribution in [0.3, 0.4) is 0 Å². The Morgan fingerprint density at radius 2 is 2.32 bits per heavy atom. The van der Waals surface area contributed by atoms with Gasteiger partial charge in [0.15, 0.2) is 0 Å². The monoisotopic (exact) mass is 263 g/mol. The third kappa shape index (κ3) is 3.67. The molecule has 0 radical (unpaired) electrons. The number of hydrogen-bond donors (Lipinski definition) is 2. The summed E-state index contributed by atoms with van der Waals surface area (Å²) in [6, 6.07) is 2.93. The SMILES string of the molecule is CN(C(=O)NC(CC(=O)O)C1CC1)c1cccnc1. The predicted octanol–water partition coefficient (Wildman–Crippen LogP) is 1.48. The van der Waals surface area contributed by atoms with Crippen LogP contribution >= 0.6 is 0 Å². The molecular weight excluding hydrogens is 246 g/mol. The summed E-state index contributed by atoms with van der Waals surface area (Å²) in [5.74, 6) is -0.594. The lowest BCUT2D eigenvalue weighted by atomic mass is 10.1. The Kier molecular flexibility index (Phi) is 3.99. The van der Waals surface area contributed by atoms with Crippen molar-refractivity contribution < 1.29 is 14.7 Å². The zero-order valence-corrected chi connectivity index (χ0v) is 10.7. The average molecular weight is 263 g/mol. The Labute approximate surface area is 111 Å². The minimum atomic E-state index is -0.888. The zero-order chi connectivity index (χ0) is 13.8. The summed E-state index contributed by atoms with van der Waals surface area (Å²) in [5, 5.41) is 11.6. The zero-order valence-electron chi connectivity index (χ0n) is 10.7. The summed E-state index contributed by atoms with van der Waals surface area (Å²) in [6.45, 7) is 0. The van der Waals surface area contributed by atoms with E-state index in [1.165, 1.54) is 4.90 Å². The van der Waals surface area contributed by atoms with E-state index in [9.17, 15) is 9.59 Å². The first-order chi connectivity index (χ1) is 9.08. The lowest BCUT2D eigenvalue weighted by molar-refractivity contribution is -0.137. The molecule has 2 rings (SSSR count). The number of amides is 2. The quantitative estimate of drug-likeness (QED) is 0.843. The largest absolute Gasteiger partial charge is 0.481 e. The Morgan fingerprint density at radius 3 is 2.84 bits per heavy atom. The van der Waals surface area contributed by atoms with Gasteiger partial charge in [-0.2, -0.15) is 0 Å². The van der Waals surface area contributed by atoms with Crippen LogP contribution in [0.1, 0.15) is 19.3 Å². The maximum Gasteiger partial charge on any atom is 0.321 e. The number of rotatable bonds is 5. The second-order valence-electron chi connectivity index (χ2n) is 4.76. The van der Waals surface area contributed by atoms with Gasteiger partial charge in [0.2, 0.25) is 0 Å². The number of urea groups is 1. The summed E-state index contributed by atoms with van der Waals surface area (Å²) in [4.78, 5) is 28.2. The fourth-order valence-corrected chi connectivity index (χ4v) is 1.95. The molecule has 1 aliphatic carbocycles. The molecule has 1 fully saturated rings. The fraction of sp³-hybridized carbons (Fsp3) is 0.462. The predicted molar refractivity (Wildman–Crippen MR) is 69.9 cm³/mol. The number of hydrogen-bond acceptors (Lipinski definition) is 3. The molecule has 1 aliphatic rings. The molecule has 0 aliphatic heterocycles. The summed E-state index contributed by atoms with van der Waals surface area (Å²) in [7, 11) is 1.64. The van der Waals surface area contributed by atoms with Crippen LogP contribution in [0.2, 0.25) is 0 Å². The summed E-state index contributed by atoms with van der Waals surface area (Å²) in [5.41, 5.74) is 0.671. The van der Waals surface area contributed by atoms with Crippen LogP contribution in [0.25, 0.3) is 0 Å². The first-order valence-electron chi connectivity index (χ1n) is 6.24. The molecule has 6 nitrogen and oxygen atoms in total. The van der Waals surface area contributed by atoms with E-state index < -0.39 is 5.97 Å². The van der Waals surface area contributed by atoms with Gasteiger partial charge in [0, 0.05) is 19.3 Å². The van der Waals surface area contributed by atoms with Gasteiger partial charge in [-0.15, -0.1) is 0 Å². The molecule has 1 aromatic rings.